The van der Waals surface area contributed by atoms with Crippen LogP contribution in [0, 0.1) is 0 Å². The molecule has 3 rings (SSSR count). The summed E-state index contributed by atoms with van der Waals surface area (Å²) in [5, 5.41) is 35.7. The van der Waals surface area contributed by atoms with E-state index in [0.717, 1.165) is 0 Å². The molecule has 0 amide bonds. The molecule has 0 aliphatic heterocycles. The fourth-order valence-corrected chi connectivity index (χ4v) is 2.43. The number of carboxylic acids is 4. The predicted octanol–water partition coefficient (Wildman–Crippen LogP) is 3.32. The normalized spacial score (nSPS) is 9.86. The number of carbonyl (C=O) groups is 4. The molecule has 28 heavy (non-hydrogen) atoms. The van der Waals surface area contributed by atoms with Crippen LogP contribution < -0.4 is 0 Å². The Morgan fingerprint density at radius 2 is 0.786 bits per heavy atom. The summed E-state index contributed by atoms with van der Waals surface area (Å²) in [5.41, 5.74) is 0.390. The van der Waals surface area contributed by atoms with E-state index in [4.69, 9.17) is 20.4 Å². The number of fused-ring (bicyclic) bond motifs is 1. The van der Waals surface area contributed by atoms with Crippen molar-refractivity contribution >= 4 is 34.6 Å². The molecule has 0 bridgehead atoms. The lowest BCUT2D eigenvalue weighted by atomic mass is 10.00. The fraction of sp³-hybridized carbons (Fsp3) is 0. The highest BCUT2D eigenvalue weighted by Crippen LogP contribution is 2.22. The third-order valence-corrected chi connectivity index (χ3v) is 3.76. The van der Waals surface area contributed by atoms with Gasteiger partial charge in [0.1, 0.15) is 0 Å². The van der Waals surface area contributed by atoms with Crippen LogP contribution in [0.2, 0.25) is 0 Å². The van der Waals surface area contributed by atoms with Gasteiger partial charge in [-0.1, -0.05) is 24.3 Å². The molecule has 4 N–H and O–H groups in total. The van der Waals surface area contributed by atoms with Crippen molar-refractivity contribution in [2.24, 2.45) is 0 Å². The van der Waals surface area contributed by atoms with Gasteiger partial charge >= 0.3 is 23.9 Å². The summed E-state index contributed by atoms with van der Waals surface area (Å²) in [7, 11) is 0. The predicted molar refractivity (Wildman–Crippen MR) is 98.2 cm³/mol. The Balaban J connectivity index is 0.000000209. The van der Waals surface area contributed by atoms with Gasteiger partial charge in [0, 0.05) is 0 Å². The molecular formula is C20H14O8. The van der Waals surface area contributed by atoms with Gasteiger partial charge in [-0.2, -0.15) is 0 Å². The topological polar surface area (TPSA) is 149 Å². The van der Waals surface area contributed by atoms with Crippen LogP contribution >= 0.6 is 0 Å². The van der Waals surface area contributed by atoms with Crippen molar-refractivity contribution in [1.82, 2.24) is 0 Å². The van der Waals surface area contributed by atoms with Gasteiger partial charge in [-0.3, -0.25) is 0 Å². The van der Waals surface area contributed by atoms with E-state index in [-0.39, 0.29) is 22.3 Å². The molecule has 0 atom stereocenters. The maximum atomic E-state index is 10.9. The van der Waals surface area contributed by atoms with Crippen LogP contribution in [0.1, 0.15) is 41.4 Å². The molecule has 0 aliphatic rings. The van der Waals surface area contributed by atoms with E-state index in [9.17, 15) is 19.2 Å². The average Bonchev–Trinajstić information content (AvgIpc) is 2.67. The van der Waals surface area contributed by atoms with Gasteiger partial charge in [-0.15, -0.1) is 0 Å². The second kappa shape index (κ2) is 8.45. The molecule has 0 saturated carbocycles. The van der Waals surface area contributed by atoms with Gasteiger partial charge in [-0.05, 0) is 47.2 Å². The Bertz CT molecular complexity index is 982. The summed E-state index contributed by atoms with van der Waals surface area (Å²) >= 11 is 0. The SMILES string of the molecule is O=C(O)c1ccc(C(=O)O)c2ccccc12.O=C(O)c1ccc(C(=O)O)cc1. The lowest BCUT2D eigenvalue weighted by Gasteiger charge is -2.05. The molecule has 0 radical (unpaired) electrons. The van der Waals surface area contributed by atoms with Crippen LogP contribution in [0.5, 0.6) is 0 Å². The Labute approximate surface area is 157 Å². The highest BCUT2D eigenvalue weighted by atomic mass is 16.4. The van der Waals surface area contributed by atoms with Crippen molar-refractivity contribution in [3.05, 3.63) is 82.9 Å². The van der Waals surface area contributed by atoms with Crippen LogP contribution in [0.25, 0.3) is 10.8 Å². The summed E-state index contributed by atoms with van der Waals surface area (Å²) < 4.78 is 0. The number of hydrogen-bond donors (Lipinski definition) is 4. The summed E-state index contributed by atoms with van der Waals surface area (Å²) in [6.07, 6.45) is 0. The van der Waals surface area contributed by atoms with E-state index < -0.39 is 23.9 Å². The fourth-order valence-electron chi connectivity index (χ4n) is 2.43. The standard InChI is InChI=1S/C12H8O4.C8H6O4/c13-11(14)9-5-6-10(12(15)16)8-4-2-1-3-7(8)9;9-7(10)5-1-2-6(4-3-5)8(11)12/h1-6H,(H,13,14)(H,15,16);1-4H,(H,9,10)(H,11,12). The Morgan fingerprint density at radius 1 is 0.464 bits per heavy atom. The van der Waals surface area contributed by atoms with Gasteiger partial charge in [0.15, 0.2) is 0 Å². The quantitative estimate of drug-likeness (QED) is 0.537. The number of carboxylic acid groups (broad SMARTS) is 4. The van der Waals surface area contributed by atoms with E-state index in [2.05, 4.69) is 0 Å². The van der Waals surface area contributed by atoms with E-state index in [1.165, 1.54) is 36.4 Å². The van der Waals surface area contributed by atoms with Crippen molar-refractivity contribution in [2.75, 3.05) is 0 Å². The molecule has 3 aromatic rings. The summed E-state index contributed by atoms with van der Waals surface area (Å²) in [6, 6.07) is 14.2. The van der Waals surface area contributed by atoms with Crippen molar-refractivity contribution in [1.29, 1.82) is 0 Å². The van der Waals surface area contributed by atoms with E-state index in [1.54, 1.807) is 24.3 Å². The summed E-state index contributed by atoms with van der Waals surface area (Å²) in [5.74, 6) is -4.25. The number of aromatic carboxylic acids is 4. The first-order chi connectivity index (χ1) is 13.2. The van der Waals surface area contributed by atoms with Gasteiger partial charge in [0.25, 0.3) is 0 Å². The van der Waals surface area contributed by atoms with Gasteiger partial charge in [0.2, 0.25) is 0 Å². The molecule has 8 heteroatoms. The lowest BCUT2D eigenvalue weighted by molar-refractivity contribution is 0.0681. The van der Waals surface area contributed by atoms with E-state index >= 15 is 0 Å². The maximum Gasteiger partial charge on any atom is 0.336 e. The minimum Gasteiger partial charge on any atom is -0.478 e. The molecule has 8 nitrogen and oxygen atoms in total. The smallest absolute Gasteiger partial charge is 0.336 e. The monoisotopic (exact) mass is 382 g/mol. The highest BCUT2D eigenvalue weighted by Gasteiger charge is 2.14. The zero-order valence-corrected chi connectivity index (χ0v) is 14.2. The van der Waals surface area contributed by atoms with Crippen LogP contribution in [0.15, 0.2) is 60.7 Å². The summed E-state index contributed by atoms with van der Waals surface area (Å²) in [6.45, 7) is 0. The number of benzene rings is 3. The van der Waals surface area contributed by atoms with Crippen molar-refractivity contribution in [3.63, 3.8) is 0 Å². The third kappa shape index (κ3) is 4.50. The maximum absolute atomic E-state index is 10.9. The first-order valence-electron chi connectivity index (χ1n) is 7.77. The second-order valence-corrected chi connectivity index (χ2v) is 5.50. The summed E-state index contributed by atoms with van der Waals surface area (Å²) in [4.78, 5) is 42.6. The average molecular weight is 382 g/mol. The van der Waals surface area contributed by atoms with Gasteiger partial charge in [0.05, 0.1) is 22.3 Å². The Hall–Kier alpha value is -4.20. The Kier molecular flexibility index (Phi) is 6.07. The molecule has 0 saturated heterocycles. The molecule has 142 valence electrons. The minimum absolute atomic E-state index is 0.0833. The molecular weight excluding hydrogens is 368 g/mol. The van der Waals surface area contributed by atoms with Crippen molar-refractivity contribution < 1.29 is 39.6 Å². The van der Waals surface area contributed by atoms with Crippen LogP contribution in [0.4, 0.5) is 0 Å². The molecule has 3 aromatic carbocycles. The second-order valence-electron chi connectivity index (χ2n) is 5.50. The van der Waals surface area contributed by atoms with Gasteiger partial charge in [-0.25, -0.2) is 19.2 Å². The molecule has 0 fully saturated rings. The molecule has 0 unspecified atom stereocenters. The minimum atomic E-state index is -1.06. The first kappa shape index (κ1) is 20.1. The highest BCUT2D eigenvalue weighted by molar-refractivity contribution is 6.10. The Morgan fingerprint density at radius 3 is 1.04 bits per heavy atom. The van der Waals surface area contributed by atoms with Crippen molar-refractivity contribution in [2.45, 2.75) is 0 Å². The van der Waals surface area contributed by atoms with Crippen molar-refractivity contribution in [3.8, 4) is 0 Å². The molecule has 0 aliphatic carbocycles. The largest absolute Gasteiger partial charge is 0.478 e. The first-order valence-corrected chi connectivity index (χ1v) is 7.77. The van der Waals surface area contributed by atoms with Crippen LogP contribution in [0.3, 0.4) is 0 Å². The lowest BCUT2D eigenvalue weighted by Crippen LogP contribution is -2.02. The number of rotatable bonds is 4. The molecule has 0 heterocycles. The molecule has 0 aromatic heterocycles. The number of hydrogen-bond acceptors (Lipinski definition) is 4. The van der Waals surface area contributed by atoms with Crippen LogP contribution in [-0.2, 0) is 0 Å². The van der Waals surface area contributed by atoms with E-state index in [1.807, 2.05) is 0 Å². The third-order valence-electron chi connectivity index (χ3n) is 3.76. The zero-order valence-electron chi connectivity index (χ0n) is 14.2. The van der Waals surface area contributed by atoms with E-state index in [0.29, 0.717) is 10.8 Å². The van der Waals surface area contributed by atoms with Gasteiger partial charge < -0.3 is 20.4 Å². The zero-order chi connectivity index (χ0) is 20.8. The van der Waals surface area contributed by atoms with Crippen LogP contribution in [-0.4, -0.2) is 44.3 Å². The molecule has 0 spiro atoms.